The summed E-state index contributed by atoms with van der Waals surface area (Å²) >= 11 is 0. The molecular weight excluding hydrogens is 578 g/mol. The Morgan fingerprint density at radius 1 is 1.21 bits per heavy atom. The van der Waals surface area contributed by atoms with Crippen molar-refractivity contribution in [2.75, 3.05) is 19.4 Å². The minimum absolute atomic E-state index is 0.0887. The number of likely N-dealkylation sites (N-methyl/N-ethyl adjacent to an activating group) is 1. The van der Waals surface area contributed by atoms with Gasteiger partial charge in [0.05, 0.1) is 24.0 Å². The number of carbonyl (C=O) groups is 3. The van der Waals surface area contributed by atoms with Gasteiger partial charge in [-0.3, -0.25) is 23.9 Å². The van der Waals surface area contributed by atoms with Crippen molar-refractivity contribution in [2.45, 2.75) is 51.9 Å². The first kappa shape index (κ1) is 32.8. The molecule has 0 spiro atoms. The number of aromatic amines is 1. The van der Waals surface area contributed by atoms with Gasteiger partial charge in [-0.05, 0) is 43.4 Å². The minimum atomic E-state index is -4.98. The number of fused-ring (bicyclic) bond motifs is 1. The molecule has 3 rings (SSSR count). The fourth-order valence-corrected chi connectivity index (χ4v) is 4.14. The van der Waals surface area contributed by atoms with Gasteiger partial charge in [-0.15, -0.1) is 0 Å². The third-order valence-electron chi connectivity index (χ3n) is 6.17. The average molecular weight is 610 g/mol. The zero-order valence-corrected chi connectivity index (χ0v) is 23.8. The molecule has 3 aromatic rings. The number of hydrogen-bond acceptors (Lipinski definition) is 6. The lowest BCUT2D eigenvalue weighted by Crippen LogP contribution is -2.44. The zero-order valence-electron chi connectivity index (χ0n) is 23.8. The van der Waals surface area contributed by atoms with Crippen molar-refractivity contribution in [1.82, 2.24) is 29.7 Å². The molecule has 16 heteroatoms. The first-order valence-corrected chi connectivity index (χ1v) is 13.1. The van der Waals surface area contributed by atoms with Crippen molar-refractivity contribution < 1.29 is 37.1 Å². The van der Waals surface area contributed by atoms with Crippen LogP contribution in [-0.4, -0.2) is 67.6 Å². The Morgan fingerprint density at radius 2 is 1.91 bits per heavy atom. The number of carboxylic acid groups (broad SMARTS) is 1. The number of aromatic nitrogens is 4. The van der Waals surface area contributed by atoms with Crippen molar-refractivity contribution in [1.29, 1.82) is 0 Å². The SMILES string of the molecule is CC(C)Cc1ncc(F)c2nc(Cn3c(C(F)(F)F)ccc(NC(=O)C(CC/C=C/C(=O)N(C)C)NC(=O)O)c3=O)[nH]c12. The van der Waals surface area contributed by atoms with E-state index in [0.717, 1.165) is 12.3 Å². The molecule has 0 saturated carbocycles. The first-order chi connectivity index (χ1) is 20.1. The fraction of sp³-hybridized carbons (Fsp3) is 0.407. The maximum atomic E-state index is 14.5. The molecule has 43 heavy (non-hydrogen) atoms. The van der Waals surface area contributed by atoms with Crippen LogP contribution in [0.15, 0.2) is 35.3 Å². The number of halogens is 4. The van der Waals surface area contributed by atoms with E-state index < -0.39 is 53.5 Å². The second kappa shape index (κ2) is 13.5. The molecule has 0 bridgehead atoms. The van der Waals surface area contributed by atoms with Crippen LogP contribution < -0.4 is 16.2 Å². The van der Waals surface area contributed by atoms with Gasteiger partial charge in [0.1, 0.15) is 28.8 Å². The molecule has 3 amide bonds. The molecule has 0 aliphatic carbocycles. The quantitative estimate of drug-likeness (QED) is 0.191. The highest BCUT2D eigenvalue weighted by Crippen LogP contribution is 2.30. The second-order valence-electron chi connectivity index (χ2n) is 10.3. The Hall–Kier alpha value is -4.76. The maximum Gasteiger partial charge on any atom is 0.431 e. The number of hydrogen-bond donors (Lipinski definition) is 4. The van der Waals surface area contributed by atoms with Crippen LogP contribution in [0, 0.1) is 11.7 Å². The van der Waals surface area contributed by atoms with Gasteiger partial charge in [-0.2, -0.15) is 13.2 Å². The second-order valence-corrected chi connectivity index (χ2v) is 10.3. The van der Waals surface area contributed by atoms with Gasteiger partial charge in [-0.1, -0.05) is 19.9 Å². The van der Waals surface area contributed by atoms with Crippen molar-refractivity contribution in [2.24, 2.45) is 5.92 Å². The highest BCUT2D eigenvalue weighted by molar-refractivity contribution is 5.96. The summed E-state index contributed by atoms with van der Waals surface area (Å²) in [5.74, 6) is -2.17. The number of anilines is 1. The smallest absolute Gasteiger partial charge is 0.431 e. The number of nitrogens with one attached hydrogen (secondary N) is 3. The van der Waals surface area contributed by atoms with E-state index in [4.69, 9.17) is 5.11 Å². The molecule has 1 atom stereocenters. The van der Waals surface area contributed by atoms with Crippen LogP contribution in [0.2, 0.25) is 0 Å². The van der Waals surface area contributed by atoms with E-state index in [1.54, 1.807) is 0 Å². The zero-order chi connectivity index (χ0) is 32.1. The van der Waals surface area contributed by atoms with Crippen molar-refractivity contribution in [3.8, 4) is 0 Å². The normalized spacial score (nSPS) is 12.6. The van der Waals surface area contributed by atoms with E-state index in [9.17, 15) is 36.7 Å². The summed E-state index contributed by atoms with van der Waals surface area (Å²) in [7, 11) is 3.05. The number of rotatable bonds is 11. The summed E-state index contributed by atoms with van der Waals surface area (Å²) in [6.07, 6.45) is -2.51. The van der Waals surface area contributed by atoms with Gasteiger partial charge in [0, 0.05) is 14.1 Å². The Bertz CT molecular complexity index is 1590. The Kier molecular flexibility index (Phi) is 10.3. The largest absolute Gasteiger partial charge is 0.465 e. The number of carbonyl (C=O) groups excluding carboxylic acids is 2. The van der Waals surface area contributed by atoms with Crippen LogP contribution in [0.4, 0.5) is 28.0 Å². The molecule has 1 unspecified atom stereocenters. The number of allylic oxidation sites excluding steroid dienone is 1. The number of pyridine rings is 2. The highest BCUT2D eigenvalue weighted by atomic mass is 19.4. The molecule has 3 heterocycles. The fourth-order valence-electron chi connectivity index (χ4n) is 4.14. The number of nitrogens with zero attached hydrogens (tertiary/aromatic N) is 4. The third-order valence-corrected chi connectivity index (χ3v) is 6.17. The first-order valence-electron chi connectivity index (χ1n) is 13.1. The van der Waals surface area contributed by atoms with Crippen molar-refractivity contribution in [3.05, 3.63) is 63.9 Å². The van der Waals surface area contributed by atoms with Gasteiger partial charge < -0.3 is 25.6 Å². The van der Waals surface area contributed by atoms with Gasteiger partial charge in [0.2, 0.25) is 11.8 Å². The lowest BCUT2D eigenvalue weighted by molar-refractivity contribution is -0.144. The molecule has 0 aliphatic heterocycles. The topological polar surface area (TPSA) is 162 Å². The Balaban J connectivity index is 1.94. The van der Waals surface area contributed by atoms with Gasteiger partial charge in [0.25, 0.3) is 5.56 Å². The Labute approximate surface area is 242 Å². The van der Waals surface area contributed by atoms with E-state index in [1.807, 2.05) is 19.2 Å². The average Bonchev–Trinajstić information content (AvgIpc) is 3.33. The molecule has 0 aromatic carbocycles. The van der Waals surface area contributed by atoms with Gasteiger partial charge in [-0.25, -0.2) is 14.2 Å². The summed E-state index contributed by atoms with van der Waals surface area (Å²) in [6, 6.07) is -0.0611. The molecule has 3 aromatic heterocycles. The van der Waals surface area contributed by atoms with Crippen molar-refractivity contribution in [3.63, 3.8) is 0 Å². The van der Waals surface area contributed by atoms with Crippen molar-refractivity contribution >= 4 is 34.6 Å². The molecular formula is C27H31F4N7O5. The maximum absolute atomic E-state index is 14.5. The minimum Gasteiger partial charge on any atom is -0.465 e. The van der Waals surface area contributed by atoms with E-state index in [0.29, 0.717) is 22.7 Å². The number of H-pyrrole nitrogens is 1. The molecule has 0 fully saturated rings. The lowest BCUT2D eigenvalue weighted by Gasteiger charge is -2.18. The van der Waals surface area contributed by atoms with Gasteiger partial charge in [0.15, 0.2) is 5.82 Å². The predicted molar refractivity (Wildman–Crippen MR) is 148 cm³/mol. The summed E-state index contributed by atoms with van der Waals surface area (Å²) in [5.41, 5.74) is -2.66. The van der Waals surface area contributed by atoms with Crippen LogP contribution in [0.3, 0.4) is 0 Å². The van der Waals surface area contributed by atoms with E-state index >= 15 is 0 Å². The number of alkyl halides is 3. The van der Waals surface area contributed by atoms with E-state index in [-0.39, 0.29) is 41.5 Å². The molecule has 0 radical (unpaired) electrons. The van der Waals surface area contributed by atoms with Crippen LogP contribution in [0.25, 0.3) is 11.0 Å². The van der Waals surface area contributed by atoms with Crippen LogP contribution in [-0.2, 0) is 28.7 Å². The predicted octanol–water partition coefficient (Wildman–Crippen LogP) is 3.52. The molecule has 0 aliphatic rings. The molecule has 0 saturated heterocycles. The van der Waals surface area contributed by atoms with Crippen LogP contribution >= 0.6 is 0 Å². The summed E-state index contributed by atoms with van der Waals surface area (Å²) in [6.45, 7) is 3.05. The monoisotopic (exact) mass is 609 g/mol. The Morgan fingerprint density at radius 3 is 2.51 bits per heavy atom. The third kappa shape index (κ3) is 8.39. The molecule has 12 nitrogen and oxygen atoms in total. The number of amides is 3. The standard InChI is InChI=1S/C27H31F4N7O5/c1-14(2)11-18-23-22(15(28)12-32-18)35-20(36-23)13-38-19(27(29,30)31)10-9-17(25(38)41)33-24(40)16(34-26(42)43)7-5-6-8-21(39)37(3)4/h6,8-10,12,14,16,34H,5,7,11,13H2,1-4H3,(H,33,40)(H,35,36)(H,42,43)/b8-6+. The van der Waals surface area contributed by atoms with E-state index in [2.05, 4.69) is 20.3 Å². The lowest BCUT2D eigenvalue weighted by atomic mass is 10.1. The summed E-state index contributed by atoms with van der Waals surface area (Å²) in [4.78, 5) is 61.3. The summed E-state index contributed by atoms with van der Waals surface area (Å²) in [5, 5.41) is 13.3. The van der Waals surface area contributed by atoms with Gasteiger partial charge >= 0.3 is 12.3 Å². The van der Waals surface area contributed by atoms with Crippen LogP contribution in [0.5, 0.6) is 0 Å². The molecule has 232 valence electrons. The molecule has 4 N–H and O–H groups in total. The summed E-state index contributed by atoms with van der Waals surface area (Å²) < 4.78 is 56.5. The van der Waals surface area contributed by atoms with E-state index in [1.165, 1.54) is 31.1 Å². The van der Waals surface area contributed by atoms with Crippen LogP contribution in [0.1, 0.15) is 43.9 Å². The number of imidazole rings is 1. The highest BCUT2D eigenvalue weighted by Gasteiger charge is 2.35.